The third-order valence-corrected chi connectivity index (χ3v) is 4.81. The molecule has 2 N–H and O–H groups in total. The summed E-state index contributed by atoms with van der Waals surface area (Å²) >= 11 is 0. The van der Waals surface area contributed by atoms with Crippen molar-refractivity contribution in [3.05, 3.63) is 35.9 Å². The lowest BCUT2D eigenvalue weighted by molar-refractivity contribution is -0.127. The second-order valence-corrected chi connectivity index (χ2v) is 7.09. The fourth-order valence-electron chi connectivity index (χ4n) is 3.12. The number of hydrogen-bond acceptors (Lipinski definition) is 4. The highest BCUT2D eigenvalue weighted by atomic mass is 16.5. The Bertz CT molecular complexity index is 685. The molecule has 1 aliphatic heterocycles. The Kier molecular flexibility index (Phi) is 7.70. The van der Waals surface area contributed by atoms with Gasteiger partial charge in [0.1, 0.15) is 11.5 Å². The topological polar surface area (TPSA) is 76.7 Å². The van der Waals surface area contributed by atoms with Crippen LogP contribution in [0.3, 0.4) is 0 Å². The van der Waals surface area contributed by atoms with Gasteiger partial charge in [0.15, 0.2) is 0 Å². The number of hydrogen-bond donors (Lipinski definition) is 2. The van der Waals surface area contributed by atoms with Gasteiger partial charge in [-0.3, -0.25) is 9.59 Å². The van der Waals surface area contributed by atoms with Crippen molar-refractivity contribution in [3.63, 3.8) is 0 Å². The summed E-state index contributed by atoms with van der Waals surface area (Å²) in [5.41, 5.74) is 0.887. The Hall–Kier alpha value is -2.50. The molecule has 2 amide bonds. The molecule has 0 saturated carbocycles. The third kappa shape index (κ3) is 6.01. The second kappa shape index (κ2) is 10.00. The van der Waals surface area contributed by atoms with E-state index in [0.29, 0.717) is 23.8 Å². The monoisotopic (exact) mass is 374 g/mol. The predicted octanol–water partition coefficient (Wildman–Crippen LogP) is 3.13. The van der Waals surface area contributed by atoms with Gasteiger partial charge in [-0.05, 0) is 30.9 Å². The summed E-state index contributed by atoms with van der Waals surface area (Å²) < 4.78 is 10.7. The van der Waals surface area contributed by atoms with E-state index in [9.17, 15) is 9.59 Å². The maximum absolute atomic E-state index is 12.4. The first-order valence-electron chi connectivity index (χ1n) is 9.40. The van der Waals surface area contributed by atoms with Gasteiger partial charge in [0.25, 0.3) is 0 Å². The van der Waals surface area contributed by atoms with E-state index in [1.807, 2.05) is 18.2 Å². The maximum atomic E-state index is 12.4. The van der Waals surface area contributed by atoms with Gasteiger partial charge < -0.3 is 20.1 Å². The van der Waals surface area contributed by atoms with E-state index >= 15 is 0 Å². The summed E-state index contributed by atoms with van der Waals surface area (Å²) in [5, 5.41) is 6.05. The maximum Gasteiger partial charge on any atom is 0.221 e. The van der Waals surface area contributed by atoms with Crippen LogP contribution in [0, 0.1) is 5.92 Å². The van der Waals surface area contributed by atoms with E-state index < -0.39 is 0 Å². The molecule has 0 spiro atoms. The lowest BCUT2D eigenvalue weighted by Gasteiger charge is -2.23. The Morgan fingerprint density at radius 3 is 2.26 bits per heavy atom. The van der Waals surface area contributed by atoms with Crippen molar-refractivity contribution in [2.45, 2.75) is 51.6 Å². The van der Waals surface area contributed by atoms with Gasteiger partial charge in [-0.2, -0.15) is 0 Å². The normalized spacial score (nSPS) is 22.9. The molecular weight excluding hydrogens is 344 g/mol. The van der Waals surface area contributed by atoms with E-state index in [4.69, 9.17) is 9.47 Å². The van der Waals surface area contributed by atoms with Crippen LogP contribution in [0.2, 0.25) is 0 Å². The summed E-state index contributed by atoms with van der Waals surface area (Å²) in [7, 11) is 3.20. The van der Waals surface area contributed by atoms with Crippen molar-refractivity contribution in [2.24, 2.45) is 5.92 Å². The average molecular weight is 374 g/mol. The first kappa shape index (κ1) is 20.8. The minimum Gasteiger partial charge on any atom is -0.497 e. The SMILES string of the molecule is COc1ccc([C@H]2C/C=C\C[C@H](C(C)C)NC(=O)CCC(=O)N2)c(OC)c1. The molecule has 0 unspecified atom stereocenters. The lowest BCUT2D eigenvalue weighted by atomic mass is 9.98. The lowest BCUT2D eigenvalue weighted by Crippen LogP contribution is -2.39. The van der Waals surface area contributed by atoms with Crippen LogP contribution in [0.1, 0.15) is 51.1 Å². The van der Waals surface area contributed by atoms with E-state index in [-0.39, 0.29) is 36.7 Å². The fourth-order valence-corrected chi connectivity index (χ4v) is 3.12. The summed E-state index contributed by atoms with van der Waals surface area (Å²) in [6, 6.07) is 5.42. The van der Waals surface area contributed by atoms with Gasteiger partial charge in [0.05, 0.1) is 20.3 Å². The van der Waals surface area contributed by atoms with Gasteiger partial charge in [0, 0.05) is 30.5 Å². The molecule has 1 aromatic carbocycles. The highest BCUT2D eigenvalue weighted by molar-refractivity contribution is 5.84. The van der Waals surface area contributed by atoms with Crippen molar-refractivity contribution >= 4 is 11.8 Å². The van der Waals surface area contributed by atoms with Crippen LogP contribution in [0.25, 0.3) is 0 Å². The fraction of sp³-hybridized carbons (Fsp3) is 0.524. The molecule has 6 nitrogen and oxygen atoms in total. The molecule has 27 heavy (non-hydrogen) atoms. The van der Waals surface area contributed by atoms with Crippen molar-refractivity contribution in [1.29, 1.82) is 0 Å². The first-order valence-corrected chi connectivity index (χ1v) is 9.40. The largest absolute Gasteiger partial charge is 0.497 e. The summed E-state index contributed by atoms with van der Waals surface area (Å²) in [6.07, 6.45) is 5.89. The van der Waals surface area contributed by atoms with Crippen LogP contribution >= 0.6 is 0 Å². The van der Waals surface area contributed by atoms with E-state index in [0.717, 1.165) is 12.0 Å². The molecule has 0 bridgehead atoms. The number of methoxy groups -OCH3 is 2. The second-order valence-electron chi connectivity index (χ2n) is 7.09. The van der Waals surface area contributed by atoms with Crippen molar-refractivity contribution in [3.8, 4) is 11.5 Å². The molecule has 0 fully saturated rings. The van der Waals surface area contributed by atoms with E-state index in [1.54, 1.807) is 14.2 Å². The quantitative estimate of drug-likeness (QED) is 0.794. The Morgan fingerprint density at radius 1 is 0.963 bits per heavy atom. The number of nitrogens with one attached hydrogen (secondary N) is 2. The van der Waals surface area contributed by atoms with Gasteiger partial charge in [-0.1, -0.05) is 26.0 Å². The molecule has 1 heterocycles. The third-order valence-electron chi connectivity index (χ3n) is 4.81. The molecule has 148 valence electrons. The number of amides is 2. The molecule has 2 rings (SSSR count). The molecule has 6 heteroatoms. The van der Waals surface area contributed by atoms with E-state index in [2.05, 4.69) is 36.6 Å². The standard InChI is InChI=1S/C21H30N2O4/c1-14(2)17-7-5-6-8-18(23-21(25)12-11-20(24)22-17)16-10-9-15(26-3)13-19(16)27-4/h5-6,9-10,13-14,17-18H,7-8,11-12H2,1-4H3,(H,22,24)(H,23,25)/b6-5-/t17-,18-/m1/s1. The average Bonchev–Trinajstić information content (AvgIpc) is 2.66. The number of carbonyl (C=O) groups is 2. The minimum atomic E-state index is -0.227. The van der Waals surface area contributed by atoms with Crippen molar-refractivity contribution < 1.29 is 19.1 Å². The van der Waals surface area contributed by atoms with Crippen LogP contribution in [-0.2, 0) is 9.59 Å². The number of carbonyl (C=O) groups excluding carboxylic acids is 2. The number of rotatable bonds is 4. The first-order chi connectivity index (χ1) is 12.9. The van der Waals surface area contributed by atoms with E-state index in [1.165, 1.54) is 0 Å². The van der Waals surface area contributed by atoms with Gasteiger partial charge >= 0.3 is 0 Å². The Labute approximate surface area is 161 Å². The van der Waals surface area contributed by atoms with Crippen LogP contribution < -0.4 is 20.1 Å². The molecule has 0 aromatic heterocycles. The smallest absolute Gasteiger partial charge is 0.221 e. The van der Waals surface area contributed by atoms with Crippen LogP contribution in [0.5, 0.6) is 11.5 Å². The summed E-state index contributed by atoms with van der Waals surface area (Å²) in [6.45, 7) is 4.17. The molecule has 2 atom stereocenters. The molecule has 1 aromatic rings. The molecule has 0 aliphatic carbocycles. The minimum absolute atomic E-state index is 0.0743. The summed E-state index contributed by atoms with van der Waals surface area (Å²) in [5.74, 6) is 1.45. The van der Waals surface area contributed by atoms with Crippen molar-refractivity contribution in [2.75, 3.05) is 14.2 Å². The predicted molar refractivity (Wildman–Crippen MR) is 105 cm³/mol. The molecule has 0 radical (unpaired) electrons. The highest BCUT2D eigenvalue weighted by Crippen LogP contribution is 2.31. The van der Waals surface area contributed by atoms with Crippen LogP contribution in [0.4, 0.5) is 0 Å². The summed E-state index contributed by atoms with van der Waals surface area (Å²) in [4.78, 5) is 24.5. The van der Waals surface area contributed by atoms with Gasteiger partial charge in [-0.25, -0.2) is 0 Å². The number of ether oxygens (including phenoxy) is 2. The molecular formula is C21H30N2O4. The zero-order valence-corrected chi connectivity index (χ0v) is 16.6. The zero-order valence-electron chi connectivity index (χ0n) is 16.6. The number of benzene rings is 1. The Morgan fingerprint density at radius 2 is 1.63 bits per heavy atom. The van der Waals surface area contributed by atoms with Crippen LogP contribution in [-0.4, -0.2) is 32.1 Å². The van der Waals surface area contributed by atoms with Gasteiger partial charge in [-0.15, -0.1) is 0 Å². The molecule has 0 saturated heterocycles. The van der Waals surface area contributed by atoms with Crippen LogP contribution in [0.15, 0.2) is 30.4 Å². The molecule has 1 aliphatic rings. The highest BCUT2D eigenvalue weighted by Gasteiger charge is 2.21. The van der Waals surface area contributed by atoms with Crippen molar-refractivity contribution in [1.82, 2.24) is 10.6 Å². The van der Waals surface area contributed by atoms with Gasteiger partial charge in [0.2, 0.25) is 11.8 Å². The Balaban J connectivity index is 2.26. The zero-order chi connectivity index (χ0) is 19.8.